The van der Waals surface area contributed by atoms with Crippen LogP contribution in [0.25, 0.3) is 0 Å². The quantitative estimate of drug-likeness (QED) is 0.321. The minimum atomic E-state index is 0. The molecule has 0 radical (unpaired) electrons. The van der Waals surface area contributed by atoms with E-state index in [-0.39, 0.29) is 1.43 Å². The molecule has 4 atom stereocenters. The zero-order chi connectivity index (χ0) is 24.4. The monoisotopic (exact) mass is 431 g/mol. The van der Waals surface area contributed by atoms with Crippen LogP contribution in [-0.4, -0.2) is 13.1 Å². The van der Waals surface area contributed by atoms with Gasteiger partial charge in [-0.3, -0.25) is 0 Å². The first-order chi connectivity index (χ1) is 14.6. The molecule has 3 unspecified atom stereocenters. The van der Waals surface area contributed by atoms with Crippen LogP contribution in [0.1, 0.15) is 83.0 Å². The lowest BCUT2D eigenvalue weighted by atomic mass is 9.70. The largest absolute Gasteiger partial charge is 0.316 e. The smallest absolute Gasteiger partial charge is 0.00431 e. The van der Waals surface area contributed by atoms with Gasteiger partial charge in [-0.15, -0.1) is 19.7 Å². The molecule has 0 aliphatic heterocycles. The summed E-state index contributed by atoms with van der Waals surface area (Å²) in [6, 6.07) is 0. The Morgan fingerprint density at radius 2 is 1.65 bits per heavy atom. The zero-order valence-electron chi connectivity index (χ0n) is 22.5. The molecule has 1 aliphatic carbocycles. The number of hydrogen-bond acceptors (Lipinski definition) is 1. The van der Waals surface area contributed by atoms with E-state index in [4.69, 9.17) is 0 Å². The van der Waals surface area contributed by atoms with E-state index in [1.807, 2.05) is 0 Å². The standard InChI is InChI=1S/C24H41N.C4H10.C2H4.H2/c1-8-13-23(21-15-12-11-14-20(21)5)22(19(4)9-2)16-17-24(6,7)18-25-10-3;1-4(2)3;1-2;/h9,11-15,19-22,25H,2,8,10,16-18H2,1,3-7H3;4H,1-3H3;1-2H2;1H/b23-13+;;;/t19?,20?,21-,22?;;;/m0.../s1. The van der Waals surface area contributed by atoms with Crippen molar-refractivity contribution in [2.45, 2.75) is 81.6 Å². The summed E-state index contributed by atoms with van der Waals surface area (Å²) in [6.45, 7) is 32.7. The second-order valence-corrected chi connectivity index (χ2v) is 10.2. The number of allylic oxidation sites excluding steroid dienone is 7. The Bertz CT molecular complexity index is 538. The molecule has 0 aromatic heterocycles. The van der Waals surface area contributed by atoms with Crippen molar-refractivity contribution in [2.75, 3.05) is 13.1 Å². The van der Waals surface area contributed by atoms with Crippen LogP contribution in [0.5, 0.6) is 0 Å². The molecular weight excluding hydrogens is 374 g/mol. The van der Waals surface area contributed by atoms with Gasteiger partial charge in [-0.1, -0.05) is 104 Å². The SMILES string of the molecule is C=C.C=CC(C)C(CCC(C)(C)CNCC)/C(=C/CC)[C@H]1C=CC=CC1C.CC(C)C.[HH]. The molecule has 0 fully saturated rings. The zero-order valence-corrected chi connectivity index (χ0v) is 22.5. The van der Waals surface area contributed by atoms with E-state index >= 15 is 0 Å². The summed E-state index contributed by atoms with van der Waals surface area (Å²) >= 11 is 0. The number of rotatable bonds is 11. The molecule has 1 N–H and O–H groups in total. The van der Waals surface area contributed by atoms with E-state index in [2.05, 4.69) is 124 Å². The van der Waals surface area contributed by atoms with Gasteiger partial charge >= 0.3 is 0 Å². The summed E-state index contributed by atoms with van der Waals surface area (Å²) in [5, 5.41) is 3.53. The highest BCUT2D eigenvalue weighted by Gasteiger charge is 2.29. The molecule has 0 aromatic carbocycles. The molecule has 1 aliphatic rings. The van der Waals surface area contributed by atoms with Crippen molar-refractivity contribution in [3.8, 4) is 0 Å². The van der Waals surface area contributed by atoms with Gasteiger partial charge in [0.1, 0.15) is 0 Å². The predicted molar refractivity (Wildman–Crippen MR) is 148 cm³/mol. The van der Waals surface area contributed by atoms with Crippen molar-refractivity contribution in [3.05, 3.63) is 61.8 Å². The van der Waals surface area contributed by atoms with Gasteiger partial charge < -0.3 is 5.32 Å². The third kappa shape index (κ3) is 14.4. The first kappa shape index (κ1) is 31.8. The van der Waals surface area contributed by atoms with E-state index in [1.165, 1.54) is 12.8 Å². The topological polar surface area (TPSA) is 12.0 Å². The highest BCUT2D eigenvalue weighted by Crippen LogP contribution is 2.39. The molecule has 0 saturated heterocycles. The molecule has 0 spiro atoms. The molecule has 182 valence electrons. The summed E-state index contributed by atoms with van der Waals surface area (Å²) in [4.78, 5) is 0. The molecule has 1 heteroatoms. The van der Waals surface area contributed by atoms with Gasteiger partial charge in [0.2, 0.25) is 0 Å². The average molecular weight is 432 g/mol. The van der Waals surface area contributed by atoms with Crippen LogP contribution in [-0.2, 0) is 0 Å². The summed E-state index contributed by atoms with van der Waals surface area (Å²) in [6.07, 6.45) is 17.4. The van der Waals surface area contributed by atoms with Gasteiger partial charge in [-0.25, -0.2) is 0 Å². The van der Waals surface area contributed by atoms with Crippen LogP contribution >= 0.6 is 0 Å². The van der Waals surface area contributed by atoms with Gasteiger partial charge in [0.25, 0.3) is 0 Å². The van der Waals surface area contributed by atoms with Crippen LogP contribution in [0.2, 0.25) is 0 Å². The maximum Gasteiger partial charge on any atom is 0.00431 e. The lowest BCUT2D eigenvalue weighted by Gasteiger charge is -2.35. The minimum absolute atomic E-state index is 0. The third-order valence-corrected chi connectivity index (χ3v) is 5.66. The summed E-state index contributed by atoms with van der Waals surface area (Å²) in [5.74, 6) is 3.05. The highest BCUT2D eigenvalue weighted by atomic mass is 14.9. The molecule has 0 aromatic rings. The normalized spacial score (nSPS) is 20.3. The van der Waals surface area contributed by atoms with Crippen molar-refractivity contribution < 1.29 is 1.43 Å². The van der Waals surface area contributed by atoms with Crippen LogP contribution in [0.4, 0.5) is 0 Å². The van der Waals surface area contributed by atoms with Gasteiger partial charge in [-0.2, -0.15) is 0 Å². The number of hydrogen-bond donors (Lipinski definition) is 1. The van der Waals surface area contributed by atoms with Crippen molar-refractivity contribution in [1.29, 1.82) is 0 Å². The first-order valence-corrected chi connectivity index (χ1v) is 12.5. The maximum atomic E-state index is 4.11. The van der Waals surface area contributed by atoms with Crippen molar-refractivity contribution in [3.63, 3.8) is 0 Å². The Morgan fingerprint density at radius 3 is 2.10 bits per heavy atom. The van der Waals surface area contributed by atoms with Crippen LogP contribution < -0.4 is 5.32 Å². The van der Waals surface area contributed by atoms with Crippen LogP contribution in [0.15, 0.2) is 61.8 Å². The molecule has 31 heavy (non-hydrogen) atoms. The van der Waals surface area contributed by atoms with Crippen molar-refractivity contribution >= 4 is 0 Å². The molecule has 1 nitrogen and oxygen atoms in total. The van der Waals surface area contributed by atoms with Crippen LogP contribution in [0, 0.1) is 35.0 Å². The Labute approximate surface area is 198 Å². The fourth-order valence-electron chi connectivity index (χ4n) is 3.90. The maximum absolute atomic E-state index is 4.11. The van der Waals surface area contributed by atoms with Gasteiger partial charge in [0.05, 0.1) is 0 Å². The van der Waals surface area contributed by atoms with Gasteiger partial charge in [0, 0.05) is 13.9 Å². The minimum Gasteiger partial charge on any atom is -0.316 e. The molecule has 0 amide bonds. The summed E-state index contributed by atoms with van der Waals surface area (Å²) in [7, 11) is 0. The van der Waals surface area contributed by atoms with E-state index in [1.54, 1.807) is 5.57 Å². The average Bonchev–Trinajstić information content (AvgIpc) is 2.73. The van der Waals surface area contributed by atoms with E-state index < -0.39 is 0 Å². The van der Waals surface area contributed by atoms with E-state index in [0.717, 1.165) is 25.4 Å². The fourth-order valence-corrected chi connectivity index (χ4v) is 3.90. The Morgan fingerprint density at radius 1 is 1.10 bits per heavy atom. The summed E-state index contributed by atoms with van der Waals surface area (Å²) in [5.41, 5.74) is 1.96. The Hall–Kier alpha value is -1.34. The Kier molecular flexibility index (Phi) is 18.7. The van der Waals surface area contributed by atoms with Crippen molar-refractivity contribution in [2.24, 2.45) is 35.0 Å². The molecule has 0 heterocycles. The molecule has 1 rings (SSSR count). The van der Waals surface area contributed by atoms with Gasteiger partial charge in [0.15, 0.2) is 0 Å². The van der Waals surface area contributed by atoms with Crippen molar-refractivity contribution in [1.82, 2.24) is 5.32 Å². The summed E-state index contributed by atoms with van der Waals surface area (Å²) < 4.78 is 0. The fraction of sp³-hybridized carbons (Fsp3) is 0.667. The Balaban J connectivity index is -0.00000108. The van der Waals surface area contributed by atoms with Crippen LogP contribution in [0.3, 0.4) is 0 Å². The number of nitrogens with one attached hydrogen (secondary N) is 1. The van der Waals surface area contributed by atoms with E-state index in [9.17, 15) is 0 Å². The lowest BCUT2D eigenvalue weighted by molar-refractivity contribution is 0.270. The molecule has 0 bridgehead atoms. The second kappa shape index (κ2) is 18.3. The highest BCUT2D eigenvalue weighted by molar-refractivity contribution is 5.26. The lowest BCUT2D eigenvalue weighted by Crippen LogP contribution is -2.31. The molecular formula is C30H57N. The molecule has 0 saturated carbocycles. The van der Waals surface area contributed by atoms with Gasteiger partial charge in [-0.05, 0) is 54.9 Å². The predicted octanol–water partition coefficient (Wildman–Crippen LogP) is 9.27. The first-order valence-electron chi connectivity index (χ1n) is 12.5. The second-order valence-electron chi connectivity index (χ2n) is 10.2. The van der Waals surface area contributed by atoms with E-state index in [0.29, 0.717) is 29.1 Å². The third-order valence-electron chi connectivity index (χ3n) is 5.66.